The molecule has 0 aliphatic rings. The fraction of sp³-hybridized carbons (Fsp3) is 0.400. The summed E-state index contributed by atoms with van der Waals surface area (Å²) in [7, 11) is 0. The number of carbonyl (C=O) groups is 1. The maximum Gasteiger partial charge on any atom is 0.236 e. The molecule has 7 nitrogen and oxygen atoms in total. The summed E-state index contributed by atoms with van der Waals surface area (Å²) in [5, 5.41) is 16.6. The molecule has 1 amide bonds. The van der Waals surface area contributed by atoms with Gasteiger partial charge in [0.2, 0.25) is 5.91 Å². The van der Waals surface area contributed by atoms with Crippen molar-refractivity contribution in [3.05, 3.63) is 41.1 Å². The average molecular weight is 434 g/mol. The van der Waals surface area contributed by atoms with Crippen LogP contribution in [0.1, 0.15) is 38.4 Å². The topological polar surface area (TPSA) is 85.8 Å². The zero-order chi connectivity index (χ0) is 20.6. The Morgan fingerprint density at radius 2 is 2.00 bits per heavy atom. The first-order valence-electron chi connectivity index (χ1n) is 9.62. The Kier molecular flexibility index (Phi) is 7.71. The lowest BCUT2D eigenvalue weighted by atomic mass is 10.2. The number of unbranched alkanes of at least 4 members (excludes halogenated alkanes) is 3. The Bertz CT molecular complexity index is 939. The van der Waals surface area contributed by atoms with Crippen LogP contribution in [-0.2, 0) is 11.3 Å². The van der Waals surface area contributed by atoms with E-state index in [2.05, 4.69) is 32.2 Å². The smallest absolute Gasteiger partial charge is 0.236 e. The van der Waals surface area contributed by atoms with Crippen molar-refractivity contribution in [2.75, 3.05) is 11.1 Å². The molecule has 29 heavy (non-hydrogen) atoms. The fourth-order valence-electron chi connectivity index (χ4n) is 2.84. The van der Waals surface area contributed by atoms with Crippen molar-refractivity contribution in [1.29, 1.82) is 0 Å². The van der Waals surface area contributed by atoms with Crippen LogP contribution < -0.4 is 5.32 Å². The standard InChI is InChI=1S/C20H24ClN5O2S/c1-3-4-5-6-11-26-19(15-7-9-16(21)10-8-15)23-24-20(26)29-13-18(27)22-17-12-14(2)28-25-17/h7-10,12H,3-6,11,13H2,1-2H3,(H,22,25,27). The first-order valence-corrected chi connectivity index (χ1v) is 11.0. The molecule has 3 aromatic rings. The highest BCUT2D eigenvalue weighted by atomic mass is 35.5. The number of carbonyl (C=O) groups excluding carboxylic acids is 1. The molecule has 3 rings (SSSR count). The summed E-state index contributed by atoms with van der Waals surface area (Å²) in [5.41, 5.74) is 0.951. The number of hydrogen-bond donors (Lipinski definition) is 1. The van der Waals surface area contributed by atoms with Gasteiger partial charge in [-0.2, -0.15) is 0 Å². The number of aromatic nitrogens is 4. The minimum absolute atomic E-state index is 0.170. The molecular weight excluding hydrogens is 410 g/mol. The summed E-state index contributed by atoms with van der Waals surface area (Å²) >= 11 is 7.37. The van der Waals surface area contributed by atoms with Crippen molar-refractivity contribution in [1.82, 2.24) is 19.9 Å². The lowest BCUT2D eigenvalue weighted by molar-refractivity contribution is -0.113. The number of hydrogen-bond acceptors (Lipinski definition) is 6. The van der Waals surface area contributed by atoms with Crippen molar-refractivity contribution >= 4 is 35.1 Å². The van der Waals surface area contributed by atoms with E-state index in [0.717, 1.165) is 35.9 Å². The molecule has 0 bridgehead atoms. The lowest BCUT2D eigenvalue weighted by Crippen LogP contribution is -2.15. The number of thioether (sulfide) groups is 1. The lowest BCUT2D eigenvalue weighted by Gasteiger charge is -2.10. The normalized spacial score (nSPS) is 11.0. The van der Waals surface area contributed by atoms with E-state index in [4.69, 9.17) is 16.1 Å². The first-order chi connectivity index (χ1) is 14.1. The van der Waals surface area contributed by atoms with Gasteiger partial charge in [0.15, 0.2) is 16.8 Å². The van der Waals surface area contributed by atoms with E-state index >= 15 is 0 Å². The third kappa shape index (κ3) is 6.08. The number of amides is 1. The Balaban J connectivity index is 1.70. The van der Waals surface area contributed by atoms with Crippen LogP contribution in [0.2, 0.25) is 5.02 Å². The number of benzene rings is 1. The molecular formula is C20H24ClN5O2S. The highest BCUT2D eigenvalue weighted by Crippen LogP contribution is 2.26. The molecule has 154 valence electrons. The van der Waals surface area contributed by atoms with E-state index in [0.29, 0.717) is 16.6 Å². The second kappa shape index (κ2) is 10.5. The van der Waals surface area contributed by atoms with Gasteiger partial charge in [-0.15, -0.1) is 10.2 Å². The van der Waals surface area contributed by atoms with Crippen LogP contribution in [0, 0.1) is 6.92 Å². The molecule has 0 aliphatic heterocycles. The Morgan fingerprint density at radius 3 is 2.69 bits per heavy atom. The van der Waals surface area contributed by atoms with Crippen LogP contribution in [0.4, 0.5) is 5.82 Å². The first kappa shape index (κ1) is 21.4. The maximum absolute atomic E-state index is 12.2. The minimum Gasteiger partial charge on any atom is -0.360 e. The molecule has 1 N–H and O–H groups in total. The Labute approximate surface area is 179 Å². The SMILES string of the molecule is CCCCCCn1c(SCC(=O)Nc2cc(C)on2)nnc1-c1ccc(Cl)cc1. The van der Waals surface area contributed by atoms with Gasteiger partial charge >= 0.3 is 0 Å². The van der Waals surface area contributed by atoms with Gasteiger partial charge in [-0.3, -0.25) is 4.79 Å². The average Bonchev–Trinajstić information content (AvgIpc) is 3.30. The highest BCUT2D eigenvalue weighted by molar-refractivity contribution is 7.99. The molecule has 0 atom stereocenters. The molecule has 0 spiro atoms. The third-order valence-electron chi connectivity index (χ3n) is 4.28. The van der Waals surface area contributed by atoms with Crippen LogP contribution in [0.3, 0.4) is 0 Å². The number of nitrogens with one attached hydrogen (secondary N) is 1. The Hall–Kier alpha value is -2.32. The van der Waals surface area contributed by atoms with Crippen LogP contribution in [0.15, 0.2) is 40.0 Å². The molecule has 0 aliphatic carbocycles. The Morgan fingerprint density at radius 1 is 1.21 bits per heavy atom. The van der Waals surface area contributed by atoms with Gasteiger partial charge in [0, 0.05) is 23.2 Å². The van der Waals surface area contributed by atoms with Crippen LogP contribution in [-0.4, -0.2) is 31.6 Å². The molecule has 2 aromatic heterocycles. The molecule has 0 unspecified atom stereocenters. The van der Waals surface area contributed by atoms with Gasteiger partial charge in [-0.1, -0.05) is 54.7 Å². The molecule has 9 heteroatoms. The summed E-state index contributed by atoms with van der Waals surface area (Å²) in [6.45, 7) is 4.77. The van der Waals surface area contributed by atoms with E-state index in [-0.39, 0.29) is 11.7 Å². The summed E-state index contributed by atoms with van der Waals surface area (Å²) in [6, 6.07) is 9.23. The quantitative estimate of drug-likeness (QED) is 0.349. The zero-order valence-corrected chi connectivity index (χ0v) is 18.1. The van der Waals surface area contributed by atoms with Crippen molar-refractivity contribution in [2.45, 2.75) is 51.2 Å². The molecule has 0 saturated heterocycles. The van der Waals surface area contributed by atoms with Gasteiger partial charge in [-0.05, 0) is 37.6 Å². The summed E-state index contributed by atoms with van der Waals surface area (Å²) in [5.74, 6) is 1.88. The van der Waals surface area contributed by atoms with E-state index in [1.165, 1.54) is 24.6 Å². The monoisotopic (exact) mass is 433 g/mol. The molecule has 1 aromatic carbocycles. The van der Waals surface area contributed by atoms with E-state index in [1.54, 1.807) is 13.0 Å². The van der Waals surface area contributed by atoms with Gasteiger partial charge < -0.3 is 14.4 Å². The van der Waals surface area contributed by atoms with Crippen molar-refractivity contribution in [3.8, 4) is 11.4 Å². The summed E-state index contributed by atoms with van der Waals surface area (Å²) < 4.78 is 7.05. The second-order valence-electron chi connectivity index (χ2n) is 6.69. The van der Waals surface area contributed by atoms with E-state index in [1.807, 2.05) is 24.3 Å². The predicted molar refractivity (Wildman–Crippen MR) is 115 cm³/mol. The fourth-order valence-corrected chi connectivity index (χ4v) is 3.73. The van der Waals surface area contributed by atoms with Crippen LogP contribution in [0.25, 0.3) is 11.4 Å². The van der Waals surface area contributed by atoms with Gasteiger partial charge in [0.05, 0.1) is 5.75 Å². The third-order valence-corrected chi connectivity index (χ3v) is 5.50. The van der Waals surface area contributed by atoms with Gasteiger partial charge in [0.1, 0.15) is 5.76 Å². The maximum atomic E-state index is 12.2. The molecule has 2 heterocycles. The van der Waals surface area contributed by atoms with E-state index < -0.39 is 0 Å². The van der Waals surface area contributed by atoms with Crippen molar-refractivity contribution < 1.29 is 9.32 Å². The van der Waals surface area contributed by atoms with Gasteiger partial charge in [-0.25, -0.2) is 0 Å². The van der Waals surface area contributed by atoms with Crippen molar-refractivity contribution in [2.24, 2.45) is 0 Å². The van der Waals surface area contributed by atoms with Crippen LogP contribution >= 0.6 is 23.4 Å². The van der Waals surface area contributed by atoms with Crippen molar-refractivity contribution in [3.63, 3.8) is 0 Å². The zero-order valence-electron chi connectivity index (χ0n) is 16.5. The summed E-state index contributed by atoms with van der Waals surface area (Å²) in [4.78, 5) is 12.2. The number of nitrogens with zero attached hydrogens (tertiary/aromatic N) is 4. The second-order valence-corrected chi connectivity index (χ2v) is 8.06. The van der Waals surface area contributed by atoms with Crippen LogP contribution in [0.5, 0.6) is 0 Å². The number of halogens is 1. The summed E-state index contributed by atoms with van der Waals surface area (Å²) in [6.07, 6.45) is 4.55. The predicted octanol–water partition coefficient (Wildman–Crippen LogP) is 5.21. The number of rotatable bonds is 10. The van der Waals surface area contributed by atoms with Gasteiger partial charge in [0.25, 0.3) is 0 Å². The minimum atomic E-state index is -0.170. The number of anilines is 1. The highest BCUT2D eigenvalue weighted by Gasteiger charge is 2.16. The largest absolute Gasteiger partial charge is 0.360 e. The molecule has 0 saturated carbocycles. The number of aryl methyl sites for hydroxylation is 1. The molecule has 0 radical (unpaired) electrons. The molecule has 0 fully saturated rings. The van der Waals surface area contributed by atoms with E-state index in [9.17, 15) is 4.79 Å².